The zero-order valence-corrected chi connectivity index (χ0v) is 38.1. The van der Waals surface area contributed by atoms with Crippen LogP contribution < -0.4 is 15.1 Å². The van der Waals surface area contributed by atoms with Crippen LogP contribution in [0.15, 0.2) is 172 Å². The standard InChI is InChI=1S/C57H38N10O5/c68-50-14-3-38-31-39-21-29-69-55(39)57(56(38)72-50)70-30-28-67-32-40(65-66-67)33-71-41-4-1-34(2-5-41)51-42-6-8-44(61-42)52(35-15-22-58-23-16-35)46-10-12-48(63-46)54(37-19-26-60-27-20-37)49-13-11-47(64-49)53(36-17-24-59-25-18-36)45-9-7-43(51)62-45/h1-27,29,31-32,61,64H,28,30,33H2. The molecule has 0 atom stereocenters. The molecule has 2 N–H and O–H groups in total. The molecular weight excluding hydrogens is 905 g/mol. The van der Waals surface area contributed by atoms with Gasteiger partial charge in [-0.2, -0.15) is 0 Å². The molecule has 0 saturated carbocycles. The van der Waals surface area contributed by atoms with Gasteiger partial charge in [-0.05, 0) is 138 Å². The number of hydrogen-bond acceptors (Lipinski definition) is 12. The number of nitrogens with zero attached hydrogens (tertiary/aromatic N) is 8. The Morgan fingerprint density at radius 1 is 0.528 bits per heavy atom. The van der Waals surface area contributed by atoms with Crippen LogP contribution in [0, 0.1) is 0 Å². The molecule has 11 aromatic rings. The third-order valence-corrected chi connectivity index (χ3v) is 12.6. The number of fused-ring (bicyclic) bond motifs is 10. The average Bonchev–Trinajstić information content (AvgIpc) is 4.30. The summed E-state index contributed by atoms with van der Waals surface area (Å²) in [6, 6.07) is 35.2. The Bertz CT molecular complexity index is 4120. The van der Waals surface area contributed by atoms with Gasteiger partial charge in [-0.25, -0.2) is 19.4 Å². The molecule has 2 aliphatic heterocycles. The first-order chi connectivity index (χ1) is 35.6. The van der Waals surface area contributed by atoms with Gasteiger partial charge in [0.05, 0.1) is 41.8 Å². The summed E-state index contributed by atoms with van der Waals surface area (Å²) >= 11 is 0. The molecule has 9 aromatic heterocycles. The van der Waals surface area contributed by atoms with Crippen molar-refractivity contribution in [1.29, 1.82) is 0 Å². The summed E-state index contributed by atoms with van der Waals surface area (Å²) in [5.41, 5.74) is 15.2. The lowest BCUT2D eigenvalue weighted by Gasteiger charge is -2.09. The number of benzene rings is 2. The molecule has 346 valence electrons. The lowest BCUT2D eigenvalue weighted by molar-refractivity contribution is 0.287. The SMILES string of the molecule is O=c1ccc2cc3ccoc3c(OCCn3cc(COc4ccc(-c5c6nc(c(-c7ccncc7)c7ccc([nH]7)c(-c7ccncc7)c7nc(c(-c8ccncc8)c8ccc5[nH]8)C=C7)C=C6)cc4)nn3)c2o1. The van der Waals surface area contributed by atoms with Gasteiger partial charge in [-0.15, -0.1) is 5.10 Å². The lowest BCUT2D eigenvalue weighted by atomic mass is 10.0. The van der Waals surface area contributed by atoms with E-state index in [4.69, 9.17) is 28.3 Å². The number of aromatic amines is 2. The minimum Gasteiger partial charge on any atom is -0.487 e. The van der Waals surface area contributed by atoms with Crippen molar-refractivity contribution in [2.45, 2.75) is 13.2 Å². The van der Waals surface area contributed by atoms with Crippen molar-refractivity contribution in [2.75, 3.05) is 6.61 Å². The first-order valence-corrected chi connectivity index (χ1v) is 23.1. The van der Waals surface area contributed by atoms with Crippen LogP contribution in [0.3, 0.4) is 0 Å². The summed E-state index contributed by atoms with van der Waals surface area (Å²) in [5.74, 6) is 1.02. The van der Waals surface area contributed by atoms with Gasteiger partial charge in [-0.1, -0.05) is 17.3 Å². The van der Waals surface area contributed by atoms with Gasteiger partial charge in [0.25, 0.3) is 0 Å². The van der Waals surface area contributed by atoms with E-state index in [-0.39, 0.29) is 13.2 Å². The molecule has 11 heterocycles. The zero-order valence-electron chi connectivity index (χ0n) is 38.1. The molecule has 0 unspecified atom stereocenters. The molecule has 0 amide bonds. The number of rotatable bonds is 11. The summed E-state index contributed by atoms with van der Waals surface area (Å²) in [6.07, 6.45) is 22.5. The zero-order chi connectivity index (χ0) is 48.0. The Morgan fingerprint density at radius 3 is 1.56 bits per heavy atom. The highest BCUT2D eigenvalue weighted by molar-refractivity contribution is 6.01. The summed E-state index contributed by atoms with van der Waals surface area (Å²) in [7, 11) is 0. The van der Waals surface area contributed by atoms with Gasteiger partial charge < -0.3 is 28.3 Å². The van der Waals surface area contributed by atoms with E-state index < -0.39 is 5.63 Å². The van der Waals surface area contributed by atoms with Crippen LogP contribution >= 0.6 is 0 Å². The van der Waals surface area contributed by atoms with Gasteiger partial charge in [-0.3, -0.25) is 15.0 Å². The Kier molecular flexibility index (Phi) is 10.4. The Morgan fingerprint density at radius 2 is 1.03 bits per heavy atom. The van der Waals surface area contributed by atoms with Crippen LogP contribution in [0.2, 0.25) is 0 Å². The van der Waals surface area contributed by atoms with Crippen LogP contribution in [-0.2, 0) is 13.2 Å². The van der Waals surface area contributed by atoms with Gasteiger partial charge in [0.2, 0.25) is 5.75 Å². The Hall–Kier alpha value is -10.0. The number of hydrogen-bond donors (Lipinski definition) is 2. The van der Waals surface area contributed by atoms with E-state index in [1.807, 2.05) is 79.0 Å². The normalized spacial score (nSPS) is 12.0. The van der Waals surface area contributed by atoms with Crippen molar-refractivity contribution in [3.05, 3.63) is 198 Å². The Labute approximate surface area is 408 Å². The molecule has 72 heavy (non-hydrogen) atoms. The number of H-pyrrole nitrogens is 2. The van der Waals surface area contributed by atoms with Crippen molar-refractivity contribution in [2.24, 2.45) is 0 Å². The third kappa shape index (κ3) is 7.86. The molecule has 8 bridgehead atoms. The quantitative estimate of drug-likeness (QED) is 0.117. The van der Waals surface area contributed by atoms with Crippen LogP contribution in [0.25, 0.3) is 113 Å². The summed E-state index contributed by atoms with van der Waals surface area (Å²) < 4.78 is 25.3. The minimum atomic E-state index is -0.474. The maximum Gasteiger partial charge on any atom is 0.336 e. The van der Waals surface area contributed by atoms with E-state index >= 15 is 0 Å². The molecule has 2 aromatic carbocycles. The number of nitrogens with one attached hydrogen (secondary N) is 2. The number of ether oxygens (including phenoxy) is 2. The highest BCUT2D eigenvalue weighted by Gasteiger charge is 2.20. The first kappa shape index (κ1) is 42.1. The first-order valence-electron chi connectivity index (χ1n) is 23.1. The molecule has 15 nitrogen and oxygen atoms in total. The highest BCUT2D eigenvalue weighted by atomic mass is 16.5. The maximum absolute atomic E-state index is 12.1. The predicted molar refractivity (Wildman–Crippen MR) is 276 cm³/mol. The van der Waals surface area contributed by atoms with E-state index in [9.17, 15) is 4.79 Å². The average molecular weight is 943 g/mol. The van der Waals surface area contributed by atoms with Crippen molar-refractivity contribution >= 4 is 68.3 Å². The van der Waals surface area contributed by atoms with Gasteiger partial charge >= 0.3 is 5.63 Å². The van der Waals surface area contributed by atoms with Crippen molar-refractivity contribution in [3.63, 3.8) is 0 Å². The van der Waals surface area contributed by atoms with E-state index in [2.05, 4.69) is 83.8 Å². The second-order valence-corrected chi connectivity index (χ2v) is 17.1. The molecule has 15 heteroatoms. The summed E-state index contributed by atoms with van der Waals surface area (Å²) in [5, 5.41) is 10.2. The second-order valence-electron chi connectivity index (χ2n) is 17.1. The molecule has 0 aliphatic carbocycles. The van der Waals surface area contributed by atoms with Gasteiger partial charge in [0.15, 0.2) is 11.2 Å². The van der Waals surface area contributed by atoms with E-state index in [0.29, 0.717) is 34.9 Å². The maximum atomic E-state index is 12.1. The summed E-state index contributed by atoms with van der Waals surface area (Å²) in [4.78, 5) is 43.4. The largest absolute Gasteiger partial charge is 0.487 e. The molecule has 0 fully saturated rings. The van der Waals surface area contributed by atoms with Crippen molar-refractivity contribution in [1.82, 2.24) is 49.9 Å². The van der Waals surface area contributed by atoms with Crippen molar-refractivity contribution in [3.8, 4) is 56.0 Å². The number of pyridine rings is 3. The monoisotopic (exact) mass is 942 g/mol. The van der Waals surface area contributed by atoms with E-state index in [1.165, 1.54) is 6.07 Å². The minimum absolute atomic E-state index is 0.188. The smallest absolute Gasteiger partial charge is 0.336 e. The van der Waals surface area contributed by atoms with Crippen LogP contribution in [-0.4, -0.2) is 56.5 Å². The van der Waals surface area contributed by atoms with Crippen LogP contribution in [0.1, 0.15) is 28.5 Å². The fourth-order valence-electron chi connectivity index (χ4n) is 9.34. The molecule has 0 spiro atoms. The molecule has 0 saturated heterocycles. The molecular formula is C57H38N10O5. The second kappa shape index (κ2) is 17.8. The van der Waals surface area contributed by atoms with Gasteiger partial charge in [0.1, 0.15) is 24.7 Å². The van der Waals surface area contributed by atoms with Crippen LogP contribution in [0.5, 0.6) is 11.5 Å². The fraction of sp³-hybridized carbons (Fsp3) is 0.0526. The molecule has 0 radical (unpaired) electrons. The predicted octanol–water partition coefficient (Wildman–Crippen LogP) is 11.6. The lowest BCUT2D eigenvalue weighted by Crippen LogP contribution is -2.09. The fourth-order valence-corrected chi connectivity index (χ4v) is 9.34. The van der Waals surface area contributed by atoms with Gasteiger partial charge in [0, 0.05) is 98.3 Å². The van der Waals surface area contributed by atoms with E-state index in [1.54, 1.807) is 54.2 Å². The van der Waals surface area contributed by atoms with Crippen molar-refractivity contribution < 1.29 is 18.3 Å². The Balaban J connectivity index is 0.863. The van der Waals surface area contributed by atoms with Crippen LogP contribution in [0.4, 0.5) is 0 Å². The topological polar surface area (TPSA) is 189 Å². The number of aromatic nitrogens is 10. The molecule has 13 rings (SSSR count). The van der Waals surface area contributed by atoms with E-state index in [0.717, 1.165) is 100 Å². The molecule has 2 aliphatic rings. The number of furan rings is 1. The highest BCUT2D eigenvalue weighted by Crippen LogP contribution is 2.39. The third-order valence-electron chi connectivity index (χ3n) is 12.6. The summed E-state index contributed by atoms with van der Waals surface area (Å²) in [6.45, 7) is 0.781.